The lowest BCUT2D eigenvalue weighted by molar-refractivity contribution is 0.166. The van der Waals surface area contributed by atoms with E-state index >= 15 is 0 Å². The molecule has 1 rings (SSSR count). The van der Waals surface area contributed by atoms with Crippen LogP contribution in [0.25, 0.3) is 0 Å². The lowest BCUT2D eigenvalue weighted by Gasteiger charge is -2.20. The van der Waals surface area contributed by atoms with E-state index in [-0.39, 0.29) is 6.10 Å². The fourth-order valence-corrected chi connectivity index (χ4v) is 1.72. The van der Waals surface area contributed by atoms with Gasteiger partial charge in [0.1, 0.15) is 11.5 Å². The van der Waals surface area contributed by atoms with Crippen molar-refractivity contribution >= 4 is 0 Å². The number of hydrogen-bond donors (Lipinski definition) is 1. The summed E-state index contributed by atoms with van der Waals surface area (Å²) in [6.07, 6.45) is 1.55. The first kappa shape index (κ1) is 13.8. The Kier molecular flexibility index (Phi) is 5.29. The van der Waals surface area contributed by atoms with E-state index in [0.717, 1.165) is 24.2 Å². The van der Waals surface area contributed by atoms with Crippen LogP contribution in [0.15, 0.2) is 18.2 Å². The highest BCUT2D eigenvalue weighted by molar-refractivity contribution is 5.41. The van der Waals surface area contributed by atoms with E-state index in [9.17, 15) is 5.11 Å². The molecule has 1 atom stereocenters. The van der Waals surface area contributed by atoms with Gasteiger partial charge in [0.25, 0.3) is 0 Å². The van der Waals surface area contributed by atoms with Gasteiger partial charge in [-0.1, -0.05) is 13.8 Å². The van der Waals surface area contributed by atoms with Crippen molar-refractivity contribution in [2.45, 2.75) is 45.8 Å². The molecule has 0 bridgehead atoms. The predicted molar refractivity (Wildman–Crippen MR) is 68.6 cm³/mol. The van der Waals surface area contributed by atoms with Crippen LogP contribution in [0.1, 0.15) is 45.3 Å². The zero-order valence-corrected chi connectivity index (χ0v) is 11.1. The molecule has 0 fully saturated rings. The maximum absolute atomic E-state index is 9.71. The molecule has 0 radical (unpaired) electrons. The molecular weight excluding hydrogens is 216 g/mol. The van der Waals surface area contributed by atoms with E-state index in [1.165, 1.54) is 0 Å². The number of methoxy groups -OCH3 is 1. The molecule has 1 N–H and O–H groups in total. The second kappa shape index (κ2) is 6.50. The summed E-state index contributed by atoms with van der Waals surface area (Å²) in [5, 5.41) is 9.71. The van der Waals surface area contributed by atoms with Gasteiger partial charge < -0.3 is 14.6 Å². The molecule has 0 saturated heterocycles. The molecule has 0 aromatic heterocycles. The van der Waals surface area contributed by atoms with Crippen LogP contribution in [0.2, 0.25) is 0 Å². The third-order valence-electron chi connectivity index (χ3n) is 2.88. The minimum absolute atomic E-state index is 0.180. The van der Waals surface area contributed by atoms with Crippen molar-refractivity contribution < 1.29 is 14.6 Å². The normalized spacial score (nSPS) is 12.6. The number of hydrogen-bond acceptors (Lipinski definition) is 3. The van der Waals surface area contributed by atoms with E-state index in [1.54, 1.807) is 14.0 Å². The molecule has 1 aromatic carbocycles. The summed E-state index contributed by atoms with van der Waals surface area (Å²) in [5.41, 5.74) is 0.803. The topological polar surface area (TPSA) is 38.7 Å². The van der Waals surface area contributed by atoms with Crippen molar-refractivity contribution in [2.24, 2.45) is 0 Å². The number of rotatable bonds is 6. The average molecular weight is 238 g/mol. The van der Waals surface area contributed by atoms with Gasteiger partial charge in [-0.05, 0) is 31.9 Å². The van der Waals surface area contributed by atoms with Crippen LogP contribution < -0.4 is 9.47 Å². The fourth-order valence-electron chi connectivity index (χ4n) is 1.72. The third-order valence-corrected chi connectivity index (χ3v) is 2.88. The summed E-state index contributed by atoms with van der Waals surface area (Å²) in [6.45, 7) is 5.92. The Labute approximate surface area is 103 Å². The molecule has 96 valence electrons. The lowest BCUT2D eigenvalue weighted by Crippen LogP contribution is -2.15. The molecule has 17 heavy (non-hydrogen) atoms. The Morgan fingerprint density at radius 1 is 1.24 bits per heavy atom. The first-order valence-corrected chi connectivity index (χ1v) is 6.15. The van der Waals surface area contributed by atoms with Crippen LogP contribution in [-0.4, -0.2) is 18.3 Å². The average Bonchev–Trinajstić information content (AvgIpc) is 2.35. The van der Waals surface area contributed by atoms with Crippen molar-refractivity contribution in [1.82, 2.24) is 0 Å². The summed E-state index contributed by atoms with van der Waals surface area (Å²) in [5.74, 6) is 1.46. The summed E-state index contributed by atoms with van der Waals surface area (Å²) in [4.78, 5) is 0. The van der Waals surface area contributed by atoms with E-state index in [2.05, 4.69) is 13.8 Å². The van der Waals surface area contributed by atoms with Gasteiger partial charge in [-0.2, -0.15) is 0 Å². The number of aliphatic hydroxyl groups excluding tert-OH is 1. The van der Waals surface area contributed by atoms with Gasteiger partial charge in [0.2, 0.25) is 0 Å². The van der Waals surface area contributed by atoms with Gasteiger partial charge in [-0.25, -0.2) is 0 Å². The van der Waals surface area contributed by atoms with Crippen molar-refractivity contribution in [3.05, 3.63) is 23.8 Å². The molecule has 0 aliphatic heterocycles. The molecule has 0 aliphatic carbocycles. The summed E-state index contributed by atoms with van der Waals surface area (Å²) in [7, 11) is 1.62. The molecule has 3 heteroatoms. The highest BCUT2D eigenvalue weighted by Crippen LogP contribution is 2.30. The van der Waals surface area contributed by atoms with Crippen LogP contribution in [0.5, 0.6) is 11.5 Å². The SMILES string of the molecule is CCC(CC)Oc1cc(OC)ccc1[C@@H](C)O. The van der Waals surface area contributed by atoms with Crippen molar-refractivity contribution in [2.75, 3.05) is 7.11 Å². The molecule has 0 spiro atoms. The third kappa shape index (κ3) is 3.63. The van der Waals surface area contributed by atoms with Crippen LogP contribution in [0.3, 0.4) is 0 Å². The fraction of sp³-hybridized carbons (Fsp3) is 0.571. The van der Waals surface area contributed by atoms with E-state index < -0.39 is 6.10 Å². The lowest BCUT2D eigenvalue weighted by atomic mass is 10.1. The van der Waals surface area contributed by atoms with E-state index in [1.807, 2.05) is 18.2 Å². The molecule has 0 amide bonds. The Hall–Kier alpha value is -1.22. The Morgan fingerprint density at radius 2 is 1.88 bits per heavy atom. The van der Waals surface area contributed by atoms with Gasteiger partial charge in [0, 0.05) is 11.6 Å². The minimum Gasteiger partial charge on any atom is -0.497 e. The first-order valence-electron chi connectivity index (χ1n) is 6.15. The van der Waals surface area contributed by atoms with Crippen LogP contribution in [0, 0.1) is 0 Å². The predicted octanol–water partition coefficient (Wildman–Crippen LogP) is 3.32. The van der Waals surface area contributed by atoms with Gasteiger partial charge in [-0.15, -0.1) is 0 Å². The molecule has 0 heterocycles. The van der Waals surface area contributed by atoms with Crippen LogP contribution in [0.4, 0.5) is 0 Å². The molecule has 0 saturated carbocycles. The maximum Gasteiger partial charge on any atom is 0.129 e. The van der Waals surface area contributed by atoms with Gasteiger partial charge >= 0.3 is 0 Å². The van der Waals surface area contributed by atoms with Crippen LogP contribution in [-0.2, 0) is 0 Å². The van der Waals surface area contributed by atoms with Crippen molar-refractivity contribution in [1.29, 1.82) is 0 Å². The summed E-state index contributed by atoms with van der Waals surface area (Å²) < 4.78 is 11.1. The van der Waals surface area contributed by atoms with Crippen molar-refractivity contribution in [3.8, 4) is 11.5 Å². The first-order chi connectivity index (χ1) is 8.12. The molecule has 0 aliphatic rings. The Bertz CT molecular complexity index is 343. The monoisotopic (exact) mass is 238 g/mol. The van der Waals surface area contributed by atoms with E-state index in [0.29, 0.717) is 5.75 Å². The van der Waals surface area contributed by atoms with E-state index in [4.69, 9.17) is 9.47 Å². The summed E-state index contributed by atoms with van der Waals surface area (Å²) in [6, 6.07) is 5.52. The quantitative estimate of drug-likeness (QED) is 0.826. The molecule has 1 aromatic rings. The Balaban J connectivity index is 3.00. The number of ether oxygens (including phenoxy) is 2. The number of benzene rings is 1. The van der Waals surface area contributed by atoms with Crippen molar-refractivity contribution in [3.63, 3.8) is 0 Å². The highest BCUT2D eigenvalue weighted by atomic mass is 16.5. The number of aliphatic hydroxyl groups is 1. The summed E-state index contributed by atoms with van der Waals surface area (Å²) >= 11 is 0. The zero-order chi connectivity index (χ0) is 12.8. The second-order valence-corrected chi connectivity index (χ2v) is 4.14. The standard InChI is InChI=1S/C14H22O3/c1-5-11(6-2)17-14-9-12(16-4)7-8-13(14)10(3)15/h7-11,15H,5-6H2,1-4H3/t10-/m1/s1. The van der Waals surface area contributed by atoms with Crippen LogP contribution >= 0.6 is 0 Å². The maximum atomic E-state index is 9.71. The highest BCUT2D eigenvalue weighted by Gasteiger charge is 2.13. The minimum atomic E-state index is -0.537. The largest absolute Gasteiger partial charge is 0.497 e. The van der Waals surface area contributed by atoms with Gasteiger partial charge in [-0.3, -0.25) is 0 Å². The molecule has 3 nitrogen and oxygen atoms in total. The molecular formula is C14H22O3. The molecule has 0 unspecified atom stereocenters. The zero-order valence-electron chi connectivity index (χ0n) is 11.1. The van der Waals surface area contributed by atoms with Gasteiger partial charge in [0.15, 0.2) is 0 Å². The van der Waals surface area contributed by atoms with Gasteiger partial charge in [0.05, 0.1) is 19.3 Å². The second-order valence-electron chi connectivity index (χ2n) is 4.14. The smallest absolute Gasteiger partial charge is 0.129 e. The Morgan fingerprint density at radius 3 is 2.35 bits per heavy atom.